The zero-order chi connectivity index (χ0) is 9.57. The molecule has 0 spiro atoms. The Hall–Kier alpha value is -0.530. The monoisotopic (exact) mass is 170 g/mol. The molecular formula is C10H18O2. The molecular weight excluding hydrogens is 152 g/mol. The lowest BCUT2D eigenvalue weighted by Crippen LogP contribution is -2.10. The Morgan fingerprint density at radius 2 is 1.67 bits per heavy atom. The average Bonchev–Trinajstić information content (AvgIpc) is 2.24. The molecule has 70 valence electrons. The van der Waals surface area contributed by atoms with Gasteiger partial charge < -0.3 is 4.74 Å². The third kappa shape index (κ3) is 1.05. The lowest BCUT2D eigenvalue weighted by Gasteiger charge is -2.03. The van der Waals surface area contributed by atoms with Crippen LogP contribution in [0.15, 0.2) is 0 Å². The maximum Gasteiger partial charge on any atom is 0.310 e. The highest BCUT2D eigenvalue weighted by molar-refractivity contribution is 5.78. The van der Waals surface area contributed by atoms with Gasteiger partial charge >= 0.3 is 5.97 Å². The summed E-state index contributed by atoms with van der Waals surface area (Å²) in [6, 6.07) is 0. The van der Waals surface area contributed by atoms with Crippen LogP contribution in [0.2, 0.25) is 0 Å². The van der Waals surface area contributed by atoms with Crippen molar-refractivity contribution in [3.05, 3.63) is 0 Å². The zero-order valence-electron chi connectivity index (χ0n) is 8.60. The highest BCUT2D eigenvalue weighted by Gasteiger charge is 2.69. The Morgan fingerprint density at radius 1 is 1.25 bits per heavy atom. The molecule has 0 atom stereocenters. The molecule has 0 N–H and O–H groups in total. The average molecular weight is 170 g/mol. The molecule has 0 aromatic rings. The summed E-state index contributed by atoms with van der Waals surface area (Å²) in [4.78, 5) is 11.4. The van der Waals surface area contributed by atoms with Crippen molar-refractivity contribution in [2.75, 3.05) is 6.61 Å². The largest absolute Gasteiger partial charge is 0.466 e. The van der Waals surface area contributed by atoms with Gasteiger partial charge in [-0.15, -0.1) is 0 Å². The van der Waals surface area contributed by atoms with E-state index in [-0.39, 0.29) is 22.7 Å². The Labute approximate surface area is 74.3 Å². The van der Waals surface area contributed by atoms with Crippen molar-refractivity contribution >= 4 is 5.97 Å². The molecule has 2 nitrogen and oxygen atoms in total. The number of hydrogen-bond donors (Lipinski definition) is 0. The number of carbonyl (C=O) groups is 1. The maximum atomic E-state index is 11.4. The van der Waals surface area contributed by atoms with Gasteiger partial charge in [0.2, 0.25) is 0 Å². The second-order valence-electron chi connectivity index (χ2n) is 4.63. The molecule has 0 radical (unpaired) electrons. The van der Waals surface area contributed by atoms with Gasteiger partial charge in [-0.25, -0.2) is 0 Å². The van der Waals surface area contributed by atoms with Crippen LogP contribution >= 0.6 is 0 Å². The summed E-state index contributed by atoms with van der Waals surface area (Å²) < 4.78 is 5.00. The van der Waals surface area contributed by atoms with Crippen LogP contribution in [0.1, 0.15) is 34.6 Å². The van der Waals surface area contributed by atoms with E-state index in [2.05, 4.69) is 27.7 Å². The lowest BCUT2D eigenvalue weighted by molar-refractivity contribution is -0.146. The number of ether oxygens (including phenoxy) is 1. The lowest BCUT2D eigenvalue weighted by atomic mass is 10.0. The first-order chi connectivity index (χ1) is 5.35. The number of esters is 1. The summed E-state index contributed by atoms with van der Waals surface area (Å²) in [7, 11) is 0. The van der Waals surface area contributed by atoms with Crippen LogP contribution in [0.5, 0.6) is 0 Å². The van der Waals surface area contributed by atoms with E-state index in [0.717, 1.165) is 0 Å². The van der Waals surface area contributed by atoms with Gasteiger partial charge in [0.1, 0.15) is 0 Å². The normalized spacial score (nSPS) is 25.1. The van der Waals surface area contributed by atoms with E-state index >= 15 is 0 Å². The summed E-state index contributed by atoms with van der Waals surface area (Å²) in [5.41, 5.74) is 0.221. The van der Waals surface area contributed by atoms with E-state index in [9.17, 15) is 4.79 Å². The maximum absolute atomic E-state index is 11.4. The van der Waals surface area contributed by atoms with Crippen LogP contribution in [0, 0.1) is 16.7 Å². The van der Waals surface area contributed by atoms with E-state index in [1.807, 2.05) is 6.92 Å². The van der Waals surface area contributed by atoms with E-state index in [4.69, 9.17) is 4.74 Å². The molecule has 0 saturated heterocycles. The van der Waals surface area contributed by atoms with Gasteiger partial charge in [0.05, 0.1) is 12.5 Å². The van der Waals surface area contributed by atoms with Crippen molar-refractivity contribution in [1.82, 2.24) is 0 Å². The van der Waals surface area contributed by atoms with Crippen LogP contribution < -0.4 is 0 Å². The van der Waals surface area contributed by atoms with Crippen molar-refractivity contribution < 1.29 is 9.53 Å². The predicted octanol–water partition coefficient (Wildman–Crippen LogP) is 2.23. The Balaban J connectivity index is 2.64. The molecule has 2 heteroatoms. The summed E-state index contributed by atoms with van der Waals surface area (Å²) >= 11 is 0. The van der Waals surface area contributed by atoms with Gasteiger partial charge in [0.15, 0.2) is 0 Å². The van der Waals surface area contributed by atoms with Crippen LogP contribution in [-0.2, 0) is 9.53 Å². The molecule has 1 fully saturated rings. The van der Waals surface area contributed by atoms with Crippen LogP contribution in [0.3, 0.4) is 0 Å². The standard InChI is InChI=1S/C10H18O2/c1-6-12-8(11)7-9(2,3)10(7,4)5/h7H,6H2,1-5H3. The molecule has 1 rings (SSSR count). The van der Waals surface area contributed by atoms with Crippen molar-refractivity contribution in [1.29, 1.82) is 0 Å². The van der Waals surface area contributed by atoms with E-state index in [0.29, 0.717) is 6.61 Å². The molecule has 0 aromatic carbocycles. The van der Waals surface area contributed by atoms with Gasteiger partial charge in [0.25, 0.3) is 0 Å². The fraction of sp³-hybridized carbons (Fsp3) is 0.900. The van der Waals surface area contributed by atoms with Gasteiger partial charge in [-0.2, -0.15) is 0 Å². The summed E-state index contributed by atoms with van der Waals surface area (Å²) in [5, 5.41) is 0. The number of rotatable bonds is 2. The molecule has 0 unspecified atom stereocenters. The number of hydrogen-bond acceptors (Lipinski definition) is 2. The molecule has 1 aliphatic carbocycles. The smallest absolute Gasteiger partial charge is 0.310 e. The predicted molar refractivity (Wildman–Crippen MR) is 47.7 cm³/mol. The first-order valence-corrected chi connectivity index (χ1v) is 4.52. The Bertz CT molecular complexity index is 190. The van der Waals surface area contributed by atoms with Gasteiger partial charge in [0, 0.05) is 0 Å². The summed E-state index contributed by atoms with van der Waals surface area (Å²) in [5.74, 6) is 0.0532. The molecule has 1 saturated carbocycles. The van der Waals surface area contributed by atoms with Crippen molar-refractivity contribution in [2.45, 2.75) is 34.6 Å². The first-order valence-electron chi connectivity index (χ1n) is 4.52. The van der Waals surface area contributed by atoms with E-state index in [1.165, 1.54) is 0 Å². The van der Waals surface area contributed by atoms with Crippen molar-refractivity contribution in [2.24, 2.45) is 16.7 Å². The van der Waals surface area contributed by atoms with Crippen LogP contribution in [0.25, 0.3) is 0 Å². The van der Waals surface area contributed by atoms with Gasteiger partial charge in [-0.05, 0) is 17.8 Å². The second-order valence-corrected chi connectivity index (χ2v) is 4.63. The van der Waals surface area contributed by atoms with E-state index < -0.39 is 0 Å². The van der Waals surface area contributed by atoms with E-state index in [1.54, 1.807) is 0 Å². The van der Waals surface area contributed by atoms with Crippen molar-refractivity contribution in [3.63, 3.8) is 0 Å². The highest BCUT2D eigenvalue weighted by Crippen LogP contribution is 2.68. The molecule has 0 aliphatic heterocycles. The zero-order valence-corrected chi connectivity index (χ0v) is 8.60. The fourth-order valence-electron chi connectivity index (χ4n) is 2.01. The van der Waals surface area contributed by atoms with Crippen molar-refractivity contribution in [3.8, 4) is 0 Å². The molecule has 0 amide bonds. The number of carbonyl (C=O) groups excluding carboxylic acids is 1. The third-order valence-corrected chi connectivity index (χ3v) is 3.54. The van der Waals surface area contributed by atoms with Gasteiger partial charge in [-0.3, -0.25) is 4.79 Å². The minimum absolute atomic E-state index is 0.0347. The Kier molecular flexibility index (Phi) is 1.97. The molecule has 12 heavy (non-hydrogen) atoms. The minimum Gasteiger partial charge on any atom is -0.466 e. The minimum atomic E-state index is -0.0347. The first kappa shape index (κ1) is 9.56. The molecule has 0 heterocycles. The Morgan fingerprint density at radius 3 is 1.92 bits per heavy atom. The van der Waals surface area contributed by atoms with Gasteiger partial charge in [-0.1, -0.05) is 27.7 Å². The SMILES string of the molecule is CCOC(=O)C1C(C)(C)C1(C)C. The van der Waals surface area contributed by atoms with Crippen LogP contribution in [-0.4, -0.2) is 12.6 Å². The van der Waals surface area contributed by atoms with Crippen LogP contribution in [0.4, 0.5) is 0 Å². The molecule has 0 bridgehead atoms. The fourth-order valence-corrected chi connectivity index (χ4v) is 2.01. The second kappa shape index (κ2) is 2.48. The topological polar surface area (TPSA) is 26.3 Å². The molecule has 0 aromatic heterocycles. The highest BCUT2D eigenvalue weighted by atomic mass is 16.5. The summed E-state index contributed by atoms with van der Waals surface area (Å²) in [6.45, 7) is 10.8. The molecule has 1 aliphatic rings. The quantitative estimate of drug-likeness (QED) is 0.594. The summed E-state index contributed by atoms with van der Waals surface area (Å²) in [6.07, 6.45) is 0. The third-order valence-electron chi connectivity index (χ3n) is 3.54.